The Hall–Kier alpha value is -1.34. The van der Waals surface area contributed by atoms with Crippen LogP contribution in [0.4, 0.5) is 4.79 Å². The van der Waals surface area contributed by atoms with Crippen molar-refractivity contribution in [1.82, 2.24) is 9.80 Å². The lowest BCUT2D eigenvalue weighted by Crippen LogP contribution is -2.59. The Bertz CT molecular complexity index is 356. The molecular formula is C12H20N2O5. The van der Waals surface area contributed by atoms with E-state index >= 15 is 0 Å². The van der Waals surface area contributed by atoms with E-state index < -0.39 is 5.97 Å². The summed E-state index contributed by atoms with van der Waals surface area (Å²) in [4.78, 5) is 26.1. The second kappa shape index (κ2) is 5.75. The average molecular weight is 272 g/mol. The number of urea groups is 1. The molecule has 2 aliphatic rings. The van der Waals surface area contributed by atoms with Crippen molar-refractivity contribution >= 4 is 12.0 Å². The summed E-state index contributed by atoms with van der Waals surface area (Å²) in [6, 6.07) is -0.0877. The molecule has 0 radical (unpaired) electrons. The van der Waals surface area contributed by atoms with Gasteiger partial charge in [-0.2, -0.15) is 0 Å². The summed E-state index contributed by atoms with van der Waals surface area (Å²) in [6.07, 6.45) is -0.308. The molecule has 2 saturated heterocycles. The number of carboxylic acid groups (broad SMARTS) is 1. The molecule has 0 aromatic rings. The molecule has 7 nitrogen and oxygen atoms in total. The van der Waals surface area contributed by atoms with Gasteiger partial charge in [0.2, 0.25) is 0 Å². The summed E-state index contributed by atoms with van der Waals surface area (Å²) in [5, 5.41) is 17.8. The van der Waals surface area contributed by atoms with Gasteiger partial charge in [-0.05, 0) is 6.92 Å². The van der Waals surface area contributed by atoms with Gasteiger partial charge in [-0.25, -0.2) is 4.79 Å². The number of aliphatic hydroxyl groups is 1. The van der Waals surface area contributed by atoms with E-state index in [1.54, 1.807) is 9.80 Å². The minimum atomic E-state index is -0.822. The van der Waals surface area contributed by atoms with Crippen molar-refractivity contribution in [2.45, 2.75) is 25.6 Å². The second-order valence-electron chi connectivity index (χ2n) is 5.31. The second-order valence-corrected chi connectivity index (χ2v) is 5.31. The van der Waals surface area contributed by atoms with Gasteiger partial charge < -0.3 is 24.7 Å². The number of carbonyl (C=O) groups is 2. The lowest BCUT2D eigenvalue weighted by atomic mass is 9.97. The largest absolute Gasteiger partial charge is 0.481 e. The molecule has 0 aromatic heterocycles. The zero-order chi connectivity index (χ0) is 14.0. The first-order valence-electron chi connectivity index (χ1n) is 6.51. The summed E-state index contributed by atoms with van der Waals surface area (Å²) in [5.41, 5.74) is 0. The third-order valence-electron chi connectivity index (χ3n) is 3.49. The highest BCUT2D eigenvalue weighted by Crippen LogP contribution is 2.22. The molecule has 108 valence electrons. The number of amides is 2. The summed E-state index contributed by atoms with van der Waals surface area (Å²) in [7, 11) is 0. The smallest absolute Gasteiger partial charge is 0.320 e. The highest BCUT2D eigenvalue weighted by atomic mass is 16.5. The molecule has 2 unspecified atom stereocenters. The predicted molar refractivity (Wildman–Crippen MR) is 65.7 cm³/mol. The first-order valence-corrected chi connectivity index (χ1v) is 6.51. The Morgan fingerprint density at radius 2 is 1.84 bits per heavy atom. The molecule has 0 spiro atoms. The molecule has 0 bridgehead atoms. The molecule has 2 heterocycles. The van der Waals surface area contributed by atoms with Crippen molar-refractivity contribution in [3.8, 4) is 0 Å². The summed E-state index contributed by atoms with van der Waals surface area (Å²) in [6.45, 7) is 3.66. The molecule has 2 atom stereocenters. The van der Waals surface area contributed by atoms with E-state index in [-0.39, 0.29) is 37.2 Å². The van der Waals surface area contributed by atoms with Crippen molar-refractivity contribution in [3.05, 3.63) is 0 Å². The van der Waals surface area contributed by atoms with Gasteiger partial charge >= 0.3 is 12.0 Å². The summed E-state index contributed by atoms with van der Waals surface area (Å²) in [5.74, 6) is -0.758. The number of carbonyl (C=O) groups excluding carboxylic acids is 1. The van der Waals surface area contributed by atoms with E-state index in [0.717, 1.165) is 0 Å². The number of ether oxygens (including phenoxy) is 1. The number of hydrogen-bond donors (Lipinski definition) is 2. The lowest BCUT2D eigenvalue weighted by Gasteiger charge is -2.44. The molecule has 2 fully saturated rings. The van der Waals surface area contributed by atoms with E-state index in [0.29, 0.717) is 26.2 Å². The van der Waals surface area contributed by atoms with Gasteiger partial charge in [0, 0.05) is 25.6 Å². The molecular weight excluding hydrogens is 252 g/mol. The van der Waals surface area contributed by atoms with E-state index in [4.69, 9.17) is 14.9 Å². The van der Waals surface area contributed by atoms with Crippen LogP contribution < -0.4 is 0 Å². The van der Waals surface area contributed by atoms with Crippen LogP contribution in [0, 0.1) is 5.92 Å². The summed E-state index contributed by atoms with van der Waals surface area (Å²) < 4.78 is 5.48. The van der Waals surface area contributed by atoms with Crippen LogP contribution in [0.3, 0.4) is 0 Å². The molecule has 2 amide bonds. The quantitative estimate of drug-likeness (QED) is 0.729. The van der Waals surface area contributed by atoms with Gasteiger partial charge in [0.25, 0.3) is 0 Å². The van der Waals surface area contributed by atoms with Crippen LogP contribution >= 0.6 is 0 Å². The van der Waals surface area contributed by atoms with Gasteiger partial charge in [-0.15, -0.1) is 0 Å². The number of hydrogen-bond acceptors (Lipinski definition) is 4. The van der Waals surface area contributed by atoms with Crippen LogP contribution in [-0.2, 0) is 9.53 Å². The van der Waals surface area contributed by atoms with E-state index in [1.165, 1.54) is 0 Å². The van der Waals surface area contributed by atoms with Gasteiger partial charge in [-0.3, -0.25) is 4.79 Å². The fourth-order valence-electron chi connectivity index (χ4n) is 2.60. The first-order chi connectivity index (χ1) is 8.99. The van der Waals surface area contributed by atoms with Crippen molar-refractivity contribution < 1.29 is 24.5 Å². The van der Waals surface area contributed by atoms with Crippen LogP contribution in [-0.4, -0.2) is 77.0 Å². The molecule has 0 aliphatic carbocycles. The molecule has 0 saturated carbocycles. The number of aliphatic hydroxyl groups excluding tert-OH is 1. The highest BCUT2D eigenvalue weighted by molar-refractivity contribution is 5.76. The molecule has 7 heteroatoms. The number of morpholine rings is 1. The Morgan fingerprint density at radius 3 is 2.42 bits per heavy atom. The maximum absolute atomic E-state index is 12.2. The van der Waals surface area contributed by atoms with E-state index in [9.17, 15) is 9.59 Å². The van der Waals surface area contributed by atoms with Gasteiger partial charge in [0.05, 0.1) is 31.8 Å². The van der Waals surface area contributed by atoms with Crippen molar-refractivity contribution in [1.29, 1.82) is 0 Å². The van der Waals surface area contributed by atoms with Gasteiger partial charge in [-0.1, -0.05) is 0 Å². The van der Waals surface area contributed by atoms with Crippen LogP contribution in [0.25, 0.3) is 0 Å². The number of rotatable bonds is 3. The SMILES string of the molecule is CC1CN(C(=O)N2CC(CC(=O)O)C2)CC(CO)O1. The Balaban J connectivity index is 1.82. The number of nitrogens with zero attached hydrogens (tertiary/aromatic N) is 2. The number of aliphatic carboxylic acids is 1. The Kier molecular flexibility index (Phi) is 4.26. The Morgan fingerprint density at radius 1 is 1.21 bits per heavy atom. The topological polar surface area (TPSA) is 90.3 Å². The molecule has 19 heavy (non-hydrogen) atoms. The van der Waals surface area contributed by atoms with Crippen molar-refractivity contribution in [3.63, 3.8) is 0 Å². The highest BCUT2D eigenvalue weighted by Gasteiger charge is 2.37. The molecule has 2 N–H and O–H groups in total. The molecule has 0 aromatic carbocycles. The fraction of sp³-hybridized carbons (Fsp3) is 0.833. The average Bonchev–Trinajstić information content (AvgIpc) is 2.31. The molecule has 2 rings (SSSR count). The number of carboxylic acids is 1. The third-order valence-corrected chi connectivity index (χ3v) is 3.49. The minimum absolute atomic E-state index is 0.0635. The fourth-order valence-corrected chi connectivity index (χ4v) is 2.60. The van der Waals surface area contributed by atoms with Crippen LogP contribution in [0.5, 0.6) is 0 Å². The minimum Gasteiger partial charge on any atom is -0.481 e. The van der Waals surface area contributed by atoms with E-state index in [1.807, 2.05) is 6.92 Å². The van der Waals surface area contributed by atoms with Crippen LogP contribution in [0.15, 0.2) is 0 Å². The normalized spacial score (nSPS) is 28.1. The molecule has 2 aliphatic heterocycles. The lowest BCUT2D eigenvalue weighted by molar-refractivity contribution is -0.139. The summed E-state index contributed by atoms with van der Waals surface area (Å²) >= 11 is 0. The van der Waals surface area contributed by atoms with Gasteiger partial charge in [0.1, 0.15) is 0 Å². The number of likely N-dealkylation sites (tertiary alicyclic amines) is 1. The maximum atomic E-state index is 12.2. The van der Waals surface area contributed by atoms with Crippen molar-refractivity contribution in [2.75, 3.05) is 32.8 Å². The van der Waals surface area contributed by atoms with Crippen LogP contribution in [0.2, 0.25) is 0 Å². The van der Waals surface area contributed by atoms with E-state index in [2.05, 4.69) is 0 Å². The zero-order valence-corrected chi connectivity index (χ0v) is 11.0. The predicted octanol–water partition coefficient (Wildman–Crippen LogP) is -0.405. The van der Waals surface area contributed by atoms with Crippen LogP contribution in [0.1, 0.15) is 13.3 Å². The Labute approximate surface area is 111 Å². The van der Waals surface area contributed by atoms with Crippen molar-refractivity contribution in [2.24, 2.45) is 5.92 Å². The third kappa shape index (κ3) is 3.36. The monoisotopic (exact) mass is 272 g/mol. The standard InChI is InChI=1S/C12H20N2O5/c1-8-3-13(6-10(7-15)19-8)12(18)14-4-9(5-14)2-11(16)17/h8-10,15H,2-7H2,1H3,(H,16,17). The van der Waals surface area contributed by atoms with Gasteiger partial charge in [0.15, 0.2) is 0 Å². The first kappa shape index (κ1) is 14.1. The zero-order valence-electron chi connectivity index (χ0n) is 11.0. The maximum Gasteiger partial charge on any atom is 0.320 e.